The Bertz CT molecular complexity index is 792. The van der Waals surface area contributed by atoms with Gasteiger partial charge in [0.25, 0.3) is 5.91 Å². The van der Waals surface area contributed by atoms with Crippen molar-refractivity contribution in [2.75, 3.05) is 26.2 Å². The number of H-pyrrole nitrogens is 1. The van der Waals surface area contributed by atoms with Gasteiger partial charge in [-0.15, -0.1) is 0 Å². The van der Waals surface area contributed by atoms with Gasteiger partial charge in [-0.05, 0) is 62.7 Å². The number of hydrogen-bond donors (Lipinski definition) is 2. The van der Waals surface area contributed by atoms with Crippen LogP contribution in [0.3, 0.4) is 0 Å². The van der Waals surface area contributed by atoms with Crippen molar-refractivity contribution < 1.29 is 9.18 Å². The molecule has 0 aliphatic heterocycles. The van der Waals surface area contributed by atoms with E-state index in [4.69, 9.17) is 0 Å². The molecule has 27 heavy (non-hydrogen) atoms. The third kappa shape index (κ3) is 6.22. The number of carbonyl (C=O) groups is 1. The molecular weight excluding hydrogens is 343 g/mol. The molecule has 0 atom stereocenters. The summed E-state index contributed by atoms with van der Waals surface area (Å²) < 4.78 is 13.0. The number of rotatable bonds is 9. The predicted molar refractivity (Wildman–Crippen MR) is 108 cm³/mol. The van der Waals surface area contributed by atoms with Crippen LogP contribution in [0.4, 0.5) is 4.39 Å². The Kier molecular flexibility index (Phi) is 8.70. The van der Waals surface area contributed by atoms with E-state index in [0.29, 0.717) is 23.4 Å². The zero-order valence-electron chi connectivity index (χ0n) is 16.9. The summed E-state index contributed by atoms with van der Waals surface area (Å²) >= 11 is 0. The summed E-state index contributed by atoms with van der Waals surface area (Å²) in [5, 5.41) is 12.3. The maximum absolute atomic E-state index is 13.0. The standard InChI is InChI=1S/C21H29FN4O/c1-7-26(8-2)10-9-24-21(27)20-17(6)18(25-19(20)13-23)12-15(4)14(3)11-16(5)22/h11-12,25H,5,7-10H2,1-4,6H3,(H,24,27). The maximum Gasteiger partial charge on any atom is 0.254 e. The Hall–Kier alpha value is -2.65. The first kappa shape index (κ1) is 22.4. The highest BCUT2D eigenvalue weighted by molar-refractivity contribution is 5.98. The summed E-state index contributed by atoms with van der Waals surface area (Å²) in [5.41, 5.74) is 3.47. The molecule has 0 aliphatic carbocycles. The Morgan fingerprint density at radius 2 is 1.96 bits per heavy atom. The van der Waals surface area contributed by atoms with Crippen molar-refractivity contribution in [1.82, 2.24) is 15.2 Å². The van der Waals surface area contributed by atoms with E-state index in [-0.39, 0.29) is 11.6 Å². The third-order valence-corrected chi connectivity index (χ3v) is 4.59. The van der Waals surface area contributed by atoms with Gasteiger partial charge in [0.1, 0.15) is 17.6 Å². The number of aromatic nitrogens is 1. The van der Waals surface area contributed by atoms with Crippen LogP contribution in [0.2, 0.25) is 0 Å². The van der Waals surface area contributed by atoms with Crippen LogP contribution in [-0.4, -0.2) is 42.0 Å². The number of nitrogens with zero attached hydrogens (tertiary/aromatic N) is 2. The second-order valence-corrected chi connectivity index (χ2v) is 6.41. The SMILES string of the molecule is C=C(F)C=C(C)C(C)=Cc1[nH]c(C#N)c(C(=O)NCCN(CC)CC)c1C. The summed E-state index contributed by atoms with van der Waals surface area (Å²) in [7, 11) is 0. The lowest BCUT2D eigenvalue weighted by Crippen LogP contribution is -2.35. The van der Waals surface area contributed by atoms with Gasteiger partial charge < -0.3 is 15.2 Å². The molecule has 0 unspecified atom stereocenters. The van der Waals surface area contributed by atoms with E-state index in [1.165, 1.54) is 6.08 Å². The maximum atomic E-state index is 13.0. The number of nitrogens with one attached hydrogen (secondary N) is 2. The minimum absolute atomic E-state index is 0.225. The molecule has 1 aromatic rings. The monoisotopic (exact) mass is 372 g/mol. The number of allylic oxidation sites excluding steroid dienone is 4. The molecule has 1 heterocycles. The number of amides is 1. The Balaban J connectivity index is 3.05. The molecule has 1 rings (SSSR count). The Labute approximate surface area is 161 Å². The van der Waals surface area contributed by atoms with Gasteiger partial charge in [0.15, 0.2) is 0 Å². The molecule has 0 radical (unpaired) electrons. The van der Waals surface area contributed by atoms with Gasteiger partial charge >= 0.3 is 0 Å². The topological polar surface area (TPSA) is 71.9 Å². The van der Waals surface area contributed by atoms with E-state index >= 15 is 0 Å². The molecule has 5 nitrogen and oxygen atoms in total. The van der Waals surface area contributed by atoms with Crippen molar-refractivity contribution in [1.29, 1.82) is 5.26 Å². The summed E-state index contributed by atoms with van der Waals surface area (Å²) in [6, 6.07) is 2.05. The average molecular weight is 372 g/mol. The van der Waals surface area contributed by atoms with Crippen molar-refractivity contribution in [3.8, 4) is 6.07 Å². The van der Waals surface area contributed by atoms with Crippen LogP contribution >= 0.6 is 0 Å². The van der Waals surface area contributed by atoms with Crippen LogP contribution in [-0.2, 0) is 0 Å². The van der Waals surface area contributed by atoms with Gasteiger partial charge in [0.2, 0.25) is 0 Å². The lowest BCUT2D eigenvalue weighted by atomic mass is 10.0. The molecular formula is C21H29FN4O. The van der Waals surface area contributed by atoms with Gasteiger partial charge in [0.05, 0.1) is 5.56 Å². The molecule has 0 fully saturated rings. The molecule has 0 aromatic carbocycles. The quantitative estimate of drug-likeness (QED) is 0.641. The van der Waals surface area contributed by atoms with Gasteiger partial charge in [-0.3, -0.25) is 4.79 Å². The Morgan fingerprint density at radius 3 is 2.48 bits per heavy atom. The minimum atomic E-state index is -0.519. The molecule has 2 N–H and O–H groups in total. The molecule has 0 spiro atoms. The first-order valence-electron chi connectivity index (χ1n) is 9.09. The normalized spacial score (nSPS) is 12.2. The van der Waals surface area contributed by atoms with Crippen LogP contribution < -0.4 is 5.32 Å². The molecule has 0 saturated heterocycles. The zero-order valence-corrected chi connectivity index (χ0v) is 16.9. The fraction of sp³-hybridized carbons (Fsp3) is 0.429. The summed E-state index contributed by atoms with van der Waals surface area (Å²) in [5.74, 6) is -0.788. The van der Waals surface area contributed by atoms with E-state index in [1.807, 2.05) is 13.0 Å². The van der Waals surface area contributed by atoms with E-state index in [9.17, 15) is 14.4 Å². The molecule has 0 saturated carbocycles. The van der Waals surface area contributed by atoms with Gasteiger partial charge in [-0.1, -0.05) is 20.4 Å². The molecule has 1 amide bonds. The highest BCUT2D eigenvalue weighted by Crippen LogP contribution is 2.22. The molecule has 0 bridgehead atoms. The van der Waals surface area contributed by atoms with Crippen LogP contribution in [0.15, 0.2) is 29.6 Å². The lowest BCUT2D eigenvalue weighted by molar-refractivity contribution is 0.0948. The molecule has 1 aromatic heterocycles. The van der Waals surface area contributed by atoms with Crippen molar-refractivity contribution in [3.05, 3.63) is 52.1 Å². The summed E-state index contributed by atoms with van der Waals surface area (Å²) in [4.78, 5) is 17.8. The van der Waals surface area contributed by atoms with Crippen LogP contribution in [0.5, 0.6) is 0 Å². The molecule has 146 valence electrons. The number of carbonyl (C=O) groups excluding carboxylic acids is 1. The lowest BCUT2D eigenvalue weighted by Gasteiger charge is -2.17. The Morgan fingerprint density at radius 1 is 1.33 bits per heavy atom. The number of nitriles is 1. The zero-order chi connectivity index (χ0) is 20.6. The molecule has 6 heteroatoms. The van der Waals surface area contributed by atoms with E-state index in [2.05, 4.69) is 35.6 Å². The summed E-state index contributed by atoms with van der Waals surface area (Å²) in [6.07, 6.45) is 3.15. The van der Waals surface area contributed by atoms with Crippen LogP contribution in [0.25, 0.3) is 6.08 Å². The van der Waals surface area contributed by atoms with Crippen molar-refractivity contribution >= 4 is 12.0 Å². The van der Waals surface area contributed by atoms with Crippen molar-refractivity contribution in [2.24, 2.45) is 0 Å². The largest absolute Gasteiger partial charge is 0.351 e. The second-order valence-electron chi connectivity index (χ2n) is 6.41. The summed E-state index contributed by atoms with van der Waals surface area (Å²) in [6.45, 7) is 15.9. The number of likely N-dealkylation sites (N-methyl/N-ethyl adjacent to an activating group) is 1. The first-order chi connectivity index (χ1) is 12.7. The number of hydrogen-bond acceptors (Lipinski definition) is 3. The van der Waals surface area contributed by atoms with Crippen LogP contribution in [0, 0.1) is 18.3 Å². The fourth-order valence-electron chi connectivity index (χ4n) is 2.76. The predicted octanol–water partition coefficient (Wildman–Crippen LogP) is 4.10. The van der Waals surface area contributed by atoms with Gasteiger partial charge in [0, 0.05) is 18.8 Å². The van der Waals surface area contributed by atoms with Crippen molar-refractivity contribution in [3.63, 3.8) is 0 Å². The second kappa shape index (κ2) is 10.5. The van der Waals surface area contributed by atoms with E-state index in [0.717, 1.165) is 30.8 Å². The van der Waals surface area contributed by atoms with Crippen LogP contribution in [0.1, 0.15) is 55.0 Å². The average Bonchev–Trinajstić information content (AvgIpc) is 2.93. The van der Waals surface area contributed by atoms with Gasteiger partial charge in [-0.25, -0.2) is 4.39 Å². The van der Waals surface area contributed by atoms with E-state index < -0.39 is 5.83 Å². The third-order valence-electron chi connectivity index (χ3n) is 4.59. The first-order valence-corrected chi connectivity index (χ1v) is 9.09. The molecule has 0 aliphatic rings. The number of aromatic amines is 1. The van der Waals surface area contributed by atoms with Crippen molar-refractivity contribution in [2.45, 2.75) is 34.6 Å². The highest BCUT2D eigenvalue weighted by Gasteiger charge is 2.19. The minimum Gasteiger partial charge on any atom is -0.351 e. The fourth-order valence-corrected chi connectivity index (χ4v) is 2.76. The van der Waals surface area contributed by atoms with E-state index in [1.54, 1.807) is 19.9 Å². The smallest absolute Gasteiger partial charge is 0.254 e. The van der Waals surface area contributed by atoms with Gasteiger partial charge in [-0.2, -0.15) is 5.26 Å². The highest BCUT2D eigenvalue weighted by atomic mass is 19.1. The number of halogens is 1.